The summed E-state index contributed by atoms with van der Waals surface area (Å²) in [6.45, 7) is 4.72. The fraction of sp³-hybridized carbons (Fsp3) is 0.600. The van der Waals surface area contributed by atoms with Gasteiger partial charge in [0.2, 0.25) is 0 Å². The number of aromatic nitrogens is 2. The van der Waals surface area contributed by atoms with Gasteiger partial charge in [-0.2, -0.15) is 5.10 Å². The lowest BCUT2D eigenvalue weighted by molar-refractivity contribution is -0.111. The lowest BCUT2D eigenvalue weighted by Gasteiger charge is -2.48. The summed E-state index contributed by atoms with van der Waals surface area (Å²) in [6, 6.07) is 1.63. The first-order valence-corrected chi connectivity index (χ1v) is 5.04. The lowest BCUT2D eigenvalue weighted by atomic mass is 9.83. The van der Waals surface area contributed by atoms with E-state index in [1.165, 1.54) is 0 Å². The molecule has 82 valence electrons. The molecular formula is C10H15N3O2. The molecule has 1 fully saturated rings. The van der Waals surface area contributed by atoms with Gasteiger partial charge in [-0.3, -0.25) is 9.89 Å². The number of hydrogen-bond acceptors (Lipinski definition) is 3. The summed E-state index contributed by atoms with van der Waals surface area (Å²) in [6.07, 6.45) is 1.54. The fourth-order valence-electron chi connectivity index (χ4n) is 1.67. The van der Waals surface area contributed by atoms with Gasteiger partial charge >= 0.3 is 0 Å². The van der Waals surface area contributed by atoms with E-state index >= 15 is 0 Å². The summed E-state index contributed by atoms with van der Waals surface area (Å²) < 4.78 is 0. The van der Waals surface area contributed by atoms with Gasteiger partial charge in [-0.15, -0.1) is 0 Å². The van der Waals surface area contributed by atoms with Gasteiger partial charge in [0.1, 0.15) is 11.3 Å². The highest BCUT2D eigenvalue weighted by Crippen LogP contribution is 2.29. The number of nitrogens with one attached hydrogen (secondary N) is 1. The van der Waals surface area contributed by atoms with Crippen molar-refractivity contribution in [3.8, 4) is 0 Å². The van der Waals surface area contributed by atoms with Gasteiger partial charge in [-0.25, -0.2) is 0 Å². The fourth-order valence-corrected chi connectivity index (χ4v) is 1.67. The summed E-state index contributed by atoms with van der Waals surface area (Å²) in [5.41, 5.74) is -0.240. The summed E-state index contributed by atoms with van der Waals surface area (Å²) in [5, 5.41) is 16.3. The molecule has 5 heteroatoms. The van der Waals surface area contributed by atoms with Crippen LogP contribution < -0.4 is 0 Å². The van der Waals surface area contributed by atoms with Crippen molar-refractivity contribution in [1.82, 2.24) is 15.1 Å². The van der Waals surface area contributed by atoms with Crippen LogP contribution in [-0.2, 0) is 0 Å². The molecule has 0 spiro atoms. The van der Waals surface area contributed by atoms with E-state index in [9.17, 15) is 9.90 Å². The van der Waals surface area contributed by atoms with Crippen molar-refractivity contribution < 1.29 is 9.90 Å². The summed E-state index contributed by atoms with van der Waals surface area (Å²) in [5.74, 6) is 0.0705. The van der Waals surface area contributed by atoms with Crippen molar-refractivity contribution in [1.29, 1.82) is 0 Å². The quantitative estimate of drug-likeness (QED) is 0.733. The predicted molar refractivity (Wildman–Crippen MR) is 54.3 cm³/mol. The third-order valence-electron chi connectivity index (χ3n) is 3.02. The number of nitrogens with zero attached hydrogens (tertiary/aromatic N) is 2. The SMILES string of the molecule is CC(C)C1(O)CN(C(=O)c2ccn[nH]2)C1. The molecule has 0 bridgehead atoms. The van der Waals surface area contributed by atoms with E-state index in [-0.39, 0.29) is 11.8 Å². The Bertz CT molecular complexity index is 353. The first-order valence-electron chi connectivity index (χ1n) is 5.04. The van der Waals surface area contributed by atoms with E-state index in [0.29, 0.717) is 18.8 Å². The van der Waals surface area contributed by atoms with Crippen LogP contribution in [0.3, 0.4) is 0 Å². The summed E-state index contributed by atoms with van der Waals surface area (Å²) >= 11 is 0. The van der Waals surface area contributed by atoms with Gasteiger partial charge in [0.15, 0.2) is 0 Å². The Morgan fingerprint density at radius 3 is 2.80 bits per heavy atom. The molecule has 1 amide bonds. The Labute approximate surface area is 88.1 Å². The van der Waals surface area contributed by atoms with Crippen molar-refractivity contribution in [2.75, 3.05) is 13.1 Å². The zero-order chi connectivity index (χ0) is 11.1. The van der Waals surface area contributed by atoms with E-state index in [1.54, 1.807) is 17.2 Å². The molecule has 0 unspecified atom stereocenters. The Kier molecular flexibility index (Phi) is 2.26. The van der Waals surface area contributed by atoms with Crippen LogP contribution >= 0.6 is 0 Å². The highest BCUT2D eigenvalue weighted by Gasteiger charge is 2.46. The number of likely N-dealkylation sites (tertiary alicyclic amines) is 1. The molecule has 1 aliphatic heterocycles. The molecule has 1 aromatic heterocycles. The molecule has 2 N–H and O–H groups in total. The maximum Gasteiger partial charge on any atom is 0.272 e. The number of carbonyl (C=O) groups excluding carboxylic acids is 1. The number of aromatic amines is 1. The van der Waals surface area contributed by atoms with Crippen molar-refractivity contribution in [2.45, 2.75) is 19.4 Å². The molecule has 2 rings (SSSR count). The molecule has 0 radical (unpaired) electrons. The van der Waals surface area contributed by atoms with Crippen LogP contribution in [0.25, 0.3) is 0 Å². The largest absolute Gasteiger partial charge is 0.386 e. The molecule has 2 heterocycles. The first-order chi connectivity index (χ1) is 7.03. The average molecular weight is 209 g/mol. The molecule has 15 heavy (non-hydrogen) atoms. The average Bonchev–Trinajstić information content (AvgIpc) is 2.64. The minimum atomic E-state index is -0.713. The van der Waals surface area contributed by atoms with Crippen molar-refractivity contribution in [3.63, 3.8) is 0 Å². The van der Waals surface area contributed by atoms with Crippen molar-refractivity contribution >= 4 is 5.91 Å². The van der Waals surface area contributed by atoms with Gasteiger partial charge in [-0.05, 0) is 12.0 Å². The lowest BCUT2D eigenvalue weighted by Crippen LogP contribution is -2.66. The second kappa shape index (κ2) is 3.34. The smallest absolute Gasteiger partial charge is 0.272 e. The maximum atomic E-state index is 11.7. The molecule has 0 aromatic carbocycles. The molecule has 0 atom stereocenters. The number of carbonyl (C=O) groups is 1. The molecule has 5 nitrogen and oxygen atoms in total. The summed E-state index contributed by atoms with van der Waals surface area (Å²) in [4.78, 5) is 13.4. The number of H-pyrrole nitrogens is 1. The number of β-amino-alcohol motifs (C(OH)–C–C–N with tert-alkyl or cyclic N) is 1. The zero-order valence-corrected chi connectivity index (χ0v) is 8.90. The molecular weight excluding hydrogens is 194 g/mol. The van der Waals surface area contributed by atoms with Crippen LogP contribution in [0.15, 0.2) is 12.3 Å². The van der Waals surface area contributed by atoms with E-state index in [2.05, 4.69) is 10.2 Å². The Balaban J connectivity index is 1.98. The minimum Gasteiger partial charge on any atom is -0.386 e. The second-order valence-electron chi connectivity index (χ2n) is 4.39. The summed E-state index contributed by atoms with van der Waals surface area (Å²) in [7, 11) is 0. The van der Waals surface area contributed by atoms with Gasteiger partial charge in [-0.1, -0.05) is 13.8 Å². The zero-order valence-electron chi connectivity index (χ0n) is 8.90. The molecule has 1 saturated heterocycles. The second-order valence-corrected chi connectivity index (χ2v) is 4.39. The van der Waals surface area contributed by atoms with Gasteiger partial charge in [0.25, 0.3) is 5.91 Å². The molecule has 1 aliphatic rings. The standard InChI is InChI=1S/C10H15N3O2/c1-7(2)10(15)5-13(6-10)9(14)8-3-4-11-12-8/h3-4,7,15H,5-6H2,1-2H3,(H,11,12). The molecule has 0 aliphatic carbocycles. The highest BCUT2D eigenvalue weighted by molar-refractivity contribution is 5.92. The number of rotatable bonds is 2. The van der Waals surface area contributed by atoms with Crippen LogP contribution in [0.2, 0.25) is 0 Å². The predicted octanol–water partition coefficient (Wildman–Crippen LogP) is 0.253. The van der Waals surface area contributed by atoms with Crippen molar-refractivity contribution in [2.24, 2.45) is 5.92 Å². The minimum absolute atomic E-state index is 0.0992. The normalized spacial score (nSPS) is 19.1. The van der Waals surface area contributed by atoms with Crippen LogP contribution in [0.4, 0.5) is 0 Å². The van der Waals surface area contributed by atoms with Crippen LogP contribution in [-0.4, -0.2) is 44.8 Å². The third kappa shape index (κ3) is 1.63. The van der Waals surface area contributed by atoms with E-state index in [1.807, 2.05) is 13.8 Å². The highest BCUT2D eigenvalue weighted by atomic mass is 16.3. The van der Waals surface area contributed by atoms with Crippen LogP contribution in [0.5, 0.6) is 0 Å². The van der Waals surface area contributed by atoms with E-state index < -0.39 is 5.60 Å². The van der Waals surface area contributed by atoms with Gasteiger partial charge < -0.3 is 10.0 Å². The Morgan fingerprint density at radius 2 is 2.33 bits per heavy atom. The number of hydrogen-bond donors (Lipinski definition) is 2. The molecule has 1 aromatic rings. The molecule has 0 saturated carbocycles. The monoisotopic (exact) mass is 209 g/mol. The van der Waals surface area contributed by atoms with Crippen LogP contribution in [0, 0.1) is 5.92 Å². The van der Waals surface area contributed by atoms with Gasteiger partial charge in [0.05, 0.1) is 13.1 Å². The third-order valence-corrected chi connectivity index (χ3v) is 3.02. The maximum absolute atomic E-state index is 11.7. The van der Waals surface area contributed by atoms with Crippen LogP contribution in [0.1, 0.15) is 24.3 Å². The van der Waals surface area contributed by atoms with E-state index in [0.717, 1.165) is 0 Å². The Hall–Kier alpha value is -1.36. The first kappa shape index (κ1) is 10.2. The van der Waals surface area contributed by atoms with Crippen molar-refractivity contribution in [3.05, 3.63) is 18.0 Å². The number of amides is 1. The Morgan fingerprint density at radius 1 is 1.67 bits per heavy atom. The topological polar surface area (TPSA) is 69.2 Å². The van der Waals surface area contributed by atoms with Gasteiger partial charge in [0, 0.05) is 6.20 Å². The van der Waals surface area contributed by atoms with E-state index in [4.69, 9.17) is 0 Å². The number of aliphatic hydroxyl groups is 1.